The minimum Gasteiger partial charge on any atom is -0.506 e. The van der Waals surface area contributed by atoms with Crippen molar-refractivity contribution in [2.24, 2.45) is 0 Å². The highest BCUT2D eigenvalue weighted by Crippen LogP contribution is 2.51. The second kappa shape index (κ2) is 8.67. The average Bonchev–Trinajstić information content (AvgIpc) is 2.72. The summed E-state index contributed by atoms with van der Waals surface area (Å²) in [5.74, 6) is 0.111. The fraction of sp³-hybridized carbons (Fsp3) is 0.500. The number of benzene rings is 2. The number of carbonyl (C=O) groups is 1. The van der Waals surface area contributed by atoms with Crippen LogP contribution in [0.25, 0.3) is 11.1 Å². The SMILES string of the molecule is CCCCCc1cc2c(c(O)c1C(=O)N1CCS(=O)(=O)CC1)-c1cc(C)ccc1C(C)(C)O2. The van der Waals surface area contributed by atoms with Crippen LogP contribution in [-0.2, 0) is 21.9 Å². The lowest BCUT2D eigenvalue weighted by molar-refractivity contribution is 0.0765. The molecular weight excluding hydrogens is 438 g/mol. The molecule has 7 heteroatoms. The van der Waals surface area contributed by atoms with Gasteiger partial charge in [0.15, 0.2) is 9.84 Å². The third kappa shape index (κ3) is 4.47. The molecule has 2 aromatic rings. The van der Waals surface area contributed by atoms with Gasteiger partial charge in [0.25, 0.3) is 5.91 Å². The van der Waals surface area contributed by atoms with Gasteiger partial charge in [0.1, 0.15) is 17.1 Å². The molecule has 1 N–H and O–H groups in total. The summed E-state index contributed by atoms with van der Waals surface area (Å²) in [6.07, 6.45) is 3.59. The molecule has 0 bridgehead atoms. The Morgan fingerprint density at radius 2 is 1.85 bits per heavy atom. The van der Waals surface area contributed by atoms with Gasteiger partial charge in [-0.15, -0.1) is 0 Å². The number of ether oxygens (including phenoxy) is 1. The van der Waals surface area contributed by atoms with E-state index in [2.05, 4.69) is 6.92 Å². The van der Waals surface area contributed by atoms with Crippen molar-refractivity contribution >= 4 is 15.7 Å². The number of amides is 1. The zero-order valence-electron chi connectivity index (χ0n) is 19.9. The highest BCUT2D eigenvalue weighted by Gasteiger charge is 2.37. The predicted octanol–water partition coefficient (Wildman–Crippen LogP) is 4.60. The van der Waals surface area contributed by atoms with Crippen molar-refractivity contribution in [2.75, 3.05) is 24.6 Å². The Bertz CT molecular complexity index is 1190. The molecule has 4 rings (SSSR count). The number of phenolic OH excluding ortho intramolecular Hbond substituents is 1. The first kappa shape index (κ1) is 23.6. The van der Waals surface area contributed by atoms with E-state index in [-0.39, 0.29) is 41.8 Å². The number of aryl methyl sites for hydroxylation is 2. The Kier molecular flexibility index (Phi) is 6.20. The molecule has 0 aliphatic carbocycles. The number of rotatable bonds is 5. The van der Waals surface area contributed by atoms with Crippen molar-refractivity contribution in [1.29, 1.82) is 0 Å². The molecule has 2 heterocycles. The summed E-state index contributed by atoms with van der Waals surface area (Å²) in [4.78, 5) is 15.2. The lowest BCUT2D eigenvalue weighted by Crippen LogP contribution is -2.44. The summed E-state index contributed by atoms with van der Waals surface area (Å²) >= 11 is 0. The van der Waals surface area contributed by atoms with Gasteiger partial charge in [-0.1, -0.05) is 43.5 Å². The lowest BCUT2D eigenvalue weighted by Gasteiger charge is -2.36. The van der Waals surface area contributed by atoms with E-state index in [1.54, 1.807) is 4.90 Å². The van der Waals surface area contributed by atoms with Crippen LogP contribution < -0.4 is 4.74 Å². The molecule has 0 spiro atoms. The number of hydrogen-bond acceptors (Lipinski definition) is 5. The van der Waals surface area contributed by atoms with E-state index in [0.717, 1.165) is 41.5 Å². The Balaban J connectivity index is 1.86. The van der Waals surface area contributed by atoms with Crippen molar-refractivity contribution in [2.45, 2.75) is 59.0 Å². The molecule has 1 saturated heterocycles. The third-order valence-electron chi connectivity index (χ3n) is 6.70. The van der Waals surface area contributed by atoms with Gasteiger partial charge in [-0.05, 0) is 50.8 Å². The Morgan fingerprint density at radius 3 is 2.52 bits per heavy atom. The molecule has 178 valence electrons. The third-order valence-corrected chi connectivity index (χ3v) is 8.31. The van der Waals surface area contributed by atoms with Crippen molar-refractivity contribution in [3.63, 3.8) is 0 Å². The molecule has 1 amide bonds. The average molecular weight is 472 g/mol. The van der Waals surface area contributed by atoms with Gasteiger partial charge in [-0.3, -0.25) is 4.79 Å². The summed E-state index contributed by atoms with van der Waals surface area (Å²) < 4.78 is 30.1. The van der Waals surface area contributed by atoms with Gasteiger partial charge in [0.2, 0.25) is 0 Å². The van der Waals surface area contributed by atoms with Gasteiger partial charge in [0.05, 0.1) is 22.6 Å². The molecule has 0 aromatic heterocycles. The summed E-state index contributed by atoms with van der Waals surface area (Å²) in [5, 5.41) is 11.5. The number of carbonyl (C=O) groups excluding carboxylic acids is 1. The molecule has 2 aromatic carbocycles. The quantitative estimate of drug-likeness (QED) is 0.645. The number of nitrogens with zero attached hydrogens (tertiary/aromatic N) is 1. The minimum atomic E-state index is -3.12. The van der Waals surface area contributed by atoms with Gasteiger partial charge < -0.3 is 14.7 Å². The molecule has 33 heavy (non-hydrogen) atoms. The fourth-order valence-corrected chi connectivity index (χ4v) is 6.03. The smallest absolute Gasteiger partial charge is 0.257 e. The van der Waals surface area contributed by atoms with Crippen molar-refractivity contribution < 1.29 is 23.1 Å². The Morgan fingerprint density at radius 1 is 1.15 bits per heavy atom. The fourth-order valence-electron chi connectivity index (χ4n) is 4.83. The van der Waals surface area contributed by atoms with Gasteiger partial charge in [-0.25, -0.2) is 8.42 Å². The molecule has 2 aliphatic rings. The number of aromatic hydroxyl groups is 1. The van der Waals surface area contributed by atoms with Crippen LogP contribution in [0.1, 0.15) is 67.1 Å². The zero-order valence-corrected chi connectivity index (χ0v) is 20.7. The van der Waals surface area contributed by atoms with Crippen LogP contribution in [0.15, 0.2) is 24.3 Å². The first-order chi connectivity index (χ1) is 15.5. The largest absolute Gasteiger partial charge is 0.506 e. The highest BCUT2D eigenvalue weighted by atomic mass is 32.2. The van der Waals surface area contributed by atoms with E-state index in [0.29, 0.717) is 17.7 Å². The molecule has 0 atom stereocenters. The lowest BCUT2D eigenvalue weighted by atomic mass is 9.83. The van der Waals surface area contributed by atoms with E-state index in [1.807, 2.05) is 45.0 Å². The van der Waals surface area contributed by atoms with Crippen LogP contribution in [0.2, 0.25) is 0 Å². The topological polar surface area (TPSA) is 83.9 Å². The van der Waals surface area contributed by atoms with Crippen molar-refractivity contribution in [3.05, 3.63) is 46.5 Å². The normalized spacial score (nSPS) is 18.2. The molecule has 2 aliphatic heterocycles. The van der Waals surface area contributed by atoms with E-state index < -0.39 is 15.4 Å². The number of hydrogen-bond donors (Lipinski definition) is 1. The first-order valence-electron chi connectivity index (χ1n) is 11.7. The molecule has 6 nitrogen and oxygen atoms in total. The maximum atomic E-state index is 13.6. The monoisotopic (exact) mass is 471 g/mol. The van der Waals surface area contributed by atoms with Crippen LogP contribution in [0, 0.1) is 6.92 Å². The number of fused-ring (bicyclic) bond motifs is 3. The second-order valence-electron chi connectivity index (χ2n) is 9.69. The molecular formula is C26H33NO5S. The standard InChI is InChI=1S/C26H33NO5S/c1-5-6-7-8-18-16-21-23(19-15-17(2)9-10-20(19)26(3,4)32-21)24(28)22(18)25(29)27-11-13-33(30,31)14-12-27/h9-10,15-16,28H,5-8,11-14H2,1-4H3. The van der Waals surface area contributed by atoms with E-state index in [4.69, 9.17) is 4.74 Å². The van der Waals surface area contributed by atoms with Crippen LogP contribution in [0.3, 0.4) is 0 Å². The summed E-state index contributed by atoms with van der Waals surface area (Å²) in [5.41, 5.74) is 3.88. The van der Waals surface area contributed by atoms with Gasteiger partial charge in [0, 0.05) is 18.7 Å². The van der Waals surface area contributed by atoms with Crippen LogP contribution in [-0.4, -0.2) is 48.9 Å². The number of phenols is 1. The van der Waals surface area contributed by atoms with Gasteiger partial charge in [-0.2, -0.15) is 0 Å². The maximum Gasteiger partial charge on any atom is 0.257 e. The van der Waals surface area contributed by atoms with Crippen LogP contribution in [0.4, 0.5) is 0 Å². The van der Waals surface area contributed by atoms with E-state index >= 15 is 0 Å². The summed E-state index contributed by atoms with van der Waals surface area (Å²) in [6.45, 7) is 8.42. The Hall–Kier alpha value is -2.54. The molecule has 0 unspecified atom stereocenters. The molecule has 1 fully saturated rings. The molecule has 0 saturated carbocycles. The van der Waals surface area contributed by atoms with Crippen molar-refractivity contribution in [3.8, 4) is 22.6 Å². The minimum absolute atomic E-state index is 0.0467. The summed E-state index contributed by atoms with van der Waals surface area (Å²) in [7, 11) is -3.12. The summed E-state index contributed by atoms with van der Waals surface area (Å²) in [6, 6.07) is 7.97. The maximum absolute atomic E-state index is 13.6. The molecule has 0 radical (unpaired) electrons. The van der Waals surface area contributed by atoms with E-state index in [1.165, 1.54) is 0 Å². The van der Waals surface area contributed by atoms with Crippen molar-refractivity contribution in [1.82, 2.24) is 4.90 Å². The highest BCUT2D eigenvalue weighted by molar-refractivity contribution is 7.91. The van der Waals surface area contributed by atoms with Gasteiger partial charge >= 0.3 is 0 Å². The predicted molar refractivity (Wildman–Crippen MR) is 130 cm³/mol. The van der Waals surface area contributed by atoms with Crippen LogP contribution >= 0.6 is 0 Å². The zero-order chi connectivity index (χ0) is 24.0. The number of unbranched alkanes of at least 4 members (excludes halogenated alkanes) is 2. The van der Waals surface area contributed by atoms with E-state index in [9.17, 15) is 18.3 Å². The van der Waals surface area contributed by atoms with Crippen LogP contribution in [0.5, 0.6) is 11.5 Å². The second-order valence-corrected chi connectivity index (χ2v) is 12.0. The Labute approximate surface area is 196 Å². The number of sulfone groups is 1. The first-order valence-corrected chi connectivity index (χ1v) is 13.6.